The Morgan fingerprint density at radius 3 is 2.22 bits per heavy atom. The number of imide groups is 2. The smallest absolute Gasteiger partial charge is 0.339 e. The molecule has 0 aliphatic carbocycles. The molecule has 0 saturated carbocycles. The number of methoxy groups -OCH3 is 1. The van der Waals surface area contributed by atoms with E-state index in [0.29, 0.717) is 16.6 Å². The van der Waals surface area contributed by atoms with Gasteiger partial charge in [0.05, 0.1) is 12.8 Å². The summed E-state index contributed by atoms with van der Waals surface area (Å²) in [6.07, 6.45) is 1.74. The van der Waals surface area contributed by atoms with E-state index >= 15 is 0 Å². The number of ether oxygens (including phenoxy) is 1. The number of nitrogens with zero attached hydrogens (tertiary/aromatic N) is 2. The fourth-order valence-corrected chi connectivity index (χ4v) is 2.72. The summed E-state index contributed by atoms with van der Waals surface area (Å²) >= 11 is 0. The first-order valence-corrected chi connectivity index (χ1v) is 8.88. The van der Waals surface area contributed by atoms with Gasteiger partial charge in [-0.3, -0.25) is 14.4 Å². The summed E-state index contributed by atoms with van der Waals surface area (Å²) in [6.45, 7) is 5.57. The number of rotatable bonds is 8. The van der Waals surface area contributed by atoms with E-state index in [9.17, 15) is 19.2 Å². The number of urea groups is 1. The van der Waals surface area contributed by atoms with Gasteiger partial charge in [0.1, 0.15) is 12.3 Å². The van der Waals surface area contributed by atoms with Crippen molar-refractivity contribution in [1.82, 2.24) is 10.2 Å². The Hall–Kier alpha value is -2.90. The molecule has 5 amide bonds. The van der Waals surface area contributed by atoms with Gasteiger partial charge in [-0.1, -0.05) is 13.8 Å². The summed E-state index contributed by atoms with van der Waals surface area (Å²) in [5.74, 6) is -1.40. The molecule has 8 nitrogen and oxygen atoms in total. The van der Waals surface area contributed by atoms with E-state index in [1.807, 2.05) is 6.92 Å². The molecular formula is C19H25N3O5. The van der Waals surface area contributed by atoms with E-state index in [0.717, 1.165) is 17.7 Å². The molecule has 1 atom stereocenters. The van der Waals surface area contributed by atoms with Crippen LogP contribution in [0.2, 0.25) is 0 Å². The number of amides is 5. The van der Waals surface area contributed by atoms with Crippen LogP contribution in [0, 0.1) is 5.92 Å². The van der Waals surface area contributed by atoms with E-state index in [-0.39, 0.29) is 11.7 Å². The zero-order chi connectivity index (χ0) is 20.1. The van der Waals surface area contributed by atoms with Crippen LogP contribution in [0.4, 0.5) is 10.5 Å². The Balaban J connectivity index is 2.03. The standard InChI is InChI=1S/C19H25N3O5/c1-12(2)5-6-13(3)20-16(23)11-21-17(24)18(25)22(19(21)26)14-7-9-15(27-4)10-8-14/h7-10,12-13H,5-6,11H2,1-4H3,(H,20,23)/t13-/m1/s1. The lowest BCUT2D eigenvalue weighted by Crippen LogP contribution is -2.44. The number of anilines is 1. The van der Waals surface area contributed by atoms with Crippen molar-refractivity contribution in [3.8, 4) is 5.75 Å². The number of hydrogen-bond donors (Lipinski definition) is 1. The third-order valence-electron chi connectivity index (χ3n) is 4.27. The van der Waals surface area contributed by atoms with Crippen LogP contribution in [0.15, 0.2) is 24.3 Å². The second-order valence-electron chi connectivity index (χ2n) is 6.95. The normalized spacial score (nSPS) is 15.5. The molecule has 1 aromatic rings. The van der Waals surface area contributed by atoms with Crippen LogP contribution in [-0.2, 0) is 14.4 Å². The Bertz CT molecular complexity index is 729. The number of benzene rings is 1. The molecule has 0 unspecified atom stereocenters. The Morgan fingerprint density at radius 1 is 1.04 bits per heavy atom. The first-order chi connectivity index (χ1) is 12.7. The molecule has 0 bridgehead atoms. The highest BCUT2D eigenvalue weighted by Gasteiger charge is 2.46. The van der Waals surface area contributed by atoms with Crippen molar-refractivity contribution in [2.75, 3.05) is 18.6 Å². The molecule has 1 aromatic carbocycles. The zero-order valence-electron chi connectivity index (χ0n) is 16.0. The van der Waals surface area contributed by atoms with Gasteiger partial charge in [0.25, 0.3) is 0 Å². The highest BCUT2D eigenvalue weighted by Crippen LogP contribution is 2.24. The summed E-state index contributed by atoms with van der Waals surface area (Å²) in [6, 6.07) is 5.23. The SMILES string of the molecule is COc1ccc(N2C(=O)C(=O)N(CC(=O)N[C@H](C)CCC(C)C)C2=O)cc1. The van der Waals surface area contributed by atoms with Crippen molar-refractivity contribution >= 4 is 29.4 Å². The van der Waals surface area contributed by atoms with Crippen LogP contribution < -0.4 is 15.0 Å². The maximum atomic E-state index is 12.5. The van der Waals surface area contributed by atoms with E-state index < -0.39 is 30.3 Å². The van der Waals surface area contributed by atoms with Crippen LogP contribution in [0.1, 0.15) is 33.6 Å². The van der Waals surface area contributed by atoms with Gasteiger partial charge < -0.3 is 10.1 Å². The summed E-state index contributed by atoms with van der Waals surface area (Å²) in [5, 5.41) is 2.76. The van der Waals surface area contributed by atoms with Gasteiger partial charge in [0, 0.05) is 6.04 Å². The lowest BCUT2D eigenvalue weighted by Gasteiger charge is -2.18. The molecule has 1 N–H and O–H groups in total. The average Bonchev–Trinajstić information content (AvgIpc) is 2.83. The topological polar surface area (TPSA) is 96.0 Å². The number of nitrogens with one attached hydrogen (secondary N) is 1. The van der Waals surface area contributed by atoms with Crippen molar-refractivity contribution < 1.29 is 23.9 Å². The largest absolute Gasteiger partial charge is 0.497 e. The van der Waals surface area contributed by atoms with E-state index in [2.05, 4.69) is 19.2 Å². The van der Waals surface area contributed by atoms with Gasteiger partial charge in [-0.25, -0.2) is 14.6 Å². The predicted molar refractivity (Wildman–Crippen MR) is 99.3 cm³/mol. The molecule has 146 valence electrons. The molecule has 1 heterocycles. The summed E-state index contributed by atoms with van der Waals surface area (Å²) < 4.78 is 5.03. The summed E-state index contributed by atoms with van der Waals surface area (Å²) in [5.41, 5.74) is 0.243. The Kier molecular flexibility index (Phi) is 6.55. The molecule has 0 spiro atoms. The Labute approximate surface area is 158 Å². The van der Waals surface area contributed by atoms with Gasteiger partial charge in [0.15, 0.2) is 0 Å². The summed E-state index contributed by atoms with van der Waals surface area (Å²) in [4.78, 5) is 50.5. The third kappa shape index (κ3) is 4.84. The molecule has 8 heteroatoms. The first-order valence-electron chi connectivity index (χ1n) is 8.88. The first kappa shape index (κ1) is 20.4. The minimum absolute atomic E-state index is 0.0823. The highest BCUT2D eigenvalue weighted by molar-refractivity contribution is 6.53. The summed E-state index contributed by atoms with van der Waals surface area (Å²) in [7, 11) is 1.49. The van der Waals surface area contributed by atoms with Gasteiger partial charge in [-0.05, 0) is 49.9 Å². The maximum Gasteiger partial charge on any atom is 0.339 e. The lowest BCUT2D eigenvalue weighted by molar-refractivity contribution is -0.140. The van der Waals surface area contributed by atoms with Gasteiger partial charge in [-0.15, -0.1) is 0 Å². The quantitative estimate of drug-likeness (QED) is 0.553. The fraction of sp³-hybridized carbons (Fsp3) is 0.474. The fourth-order valence-electron chi connectivity index (χ4n) is 2.72. The lowest BCUT2D eigenvalue weighted by atomic mass is 10.0. The number of hydrogen-bond acceptors (Lipinski definition) is 5. The average molecular weight is 375 g/mol. The number of carbonyl (C=O) groups is 4. The molecule has 0 aromatic heterocycles. The minimum atomic E-state index is -1.01. The van der Waals surface area contributed by atoms with Crippen molar-refractivity contribution in [1.29, 1.82) is 0 Å². The zero-order valence-corrected chi connectivity index (χ0v) is 16.0. The van der Waals surface area contributed by atoms with Crippen LogP contribution in [0.3, 0.4) is 0 Å². The monoisotopic (exact) mass is 375 g/mol. The molecule has 27 heavy (non-hydrogen) atoms. The van der Waals surface area contributed by atoms with Crippen molar-refractivity contribution in [3.05, 3.63) is 24.3 Å². The molecule has 0 radical (unpaired) electrons. The van der Waals surface area contributed by atoms with Crippen LogP contribution >= 0.6 is 0 Å². The van der Waals surface area contributed by atoms with Crippen molar-refractivity contribution in [2.24, 2.45) is 5.92 Å². The second-order valence-corrected chi connectivity index (χ2v) is 6.95. The molecule has 1 aliphatic heterocycles. The molecule has 2 rings (SSSR count). The van der Waals surface area contributed by atoms with E-state index in [1.165, 1.54) is 19.2 Å². The molecular weight excluding hydrogens is 350 g/mol. The third-order valence-corrected chi connectivity index (χ3v) is 4.27. The van der Waals surface area contributed by atoms with Gasteiger partial charge in [-0.2, -0.15) is 0 Å². The minimum Gasteiger partial charge on any atom is -0.497 e. The van der Waals surface area contributed by atoms with Crippen LogP contribution in [0.5, 0.6) is 5.75 Å². The van der Waals surface area contributed by atoms with Gasteiger partial charge in [0.2, 0.25) is 5.91 Å². The molecule has 1 fully saturated rings. The van der Waals surface area contributed by atoms with Crippen molar-refractivity contribution in [3.63, 3.8) is 0 Å². The maximum absolute atomic E-state index is 12.5. The van der Waals surface area contributed by atoms with Gasteiger partial charge >= 0.3 is 17.8 Å². The molecule has 1 saturated heterocycles. The Morgan fingerprint density at radius 2 is 1.67 bits per heavy atom. The molecule has 1 aliphatic rings. The number of carbonyl (C=O) groups excluding carboxylic acids is 4. The van der Waals surface area contributed by atoms with E-state index in [4.69, 9.17) is 4.74 Å². The van der Waals surface area contributed by atoms with E-state index in [1.54, 1.807) is 12.1 Å². The van der Waals surface area contributed by atoms with Crippen LogP contribution in [0.25, 0.3) is 0 Å². The second kappa shape index (κ2) is 8.66. The highest BCUT2D eigenvalue weighted by atomic mass is 16.5. The van der Waals surface area contributed by atoms with Crippen molar-refractivity contribution in [2.45, 2.75) is 39.7 Å². The predicted octanol–water partition coefficient (Wildman–Crippen LogP) is 1.93. The van der Waals surface area contributed by atoms with Crippen LogP contribution in [-0.4, -0.2) is 48.3 Å².